The van der Waals surface area contributed by atoms with Gasteiger partial charge in [0.1, 0.15) is 0 Å². The molecular formula is C21H22ClN3O4S2. The molecule has 0 amide bonds. The van der Waals surface area contributed by atoms with Crippen LogP contribution in [0.2, 0.25) is 5.02 Å². The third kappa shape index (κ3) is 4.65. The summed E-state index contributed by atoms with van der Waals surface area (Å²) in [6.07, 6.45) is 0. The zero-order chi connectivity index (χ0) is 22.0. The molecule has 2 aromatic carbocycles. The molecule has 2 heterocycles. The number of ether oxygens (including phenoxy) is 1. The van der Waals surface area contributed by atoms with Crippen LogP contribution in [-0.4, -0.2) is 60.1 Å². The van der Waals surface area contributed by atoms with Crippen molar-refractivity contribution in [3.63, 3.8) is 0 Å². The van der Waals surface area contributed by atoms with E-state index >= 15 is 0 Å². The number of hydrogen-bond acceptors (Lipinski definition) is 6. The van der Waals surface area contributed by atoms with Crippen molar-refractivity contribution in [2.75, 3.05) is 32.1 Å². The summed E-state index contributed by atoms with van der Waals surface area (Å²) in [6, 6.07) is 11.8. The van der Waals surface area contributed by atoms with Gasteiger partial charge in [0.25, 0.3) is 0 Å². The molecule has 1 aliphatic heterocycles. The average molecular weight is 480 g/mol. The van der Waals surface area contributed by atoms with Crippen molar-refractivity contribution in [1.82, 2.24) is 13.9 Å². The number of aromatic nitrogens is 2. The molecule has 0 bridgehead atoms. The summed E-state index contributed by atoms with van der Waals surface area (Å²) in [5.74, 6) is 0.205. The molecule has 1 fully saturated rings. The number of imidazole rings is 1. The zero-order valence-electron chi connectivity index (χ0n) is 17.0. The second-order valence-corrected chi connectivity index (χ2v) is 10.3. The highest BCUT2D eigenvalue weighted by atomic mass is 35.5. The van der Waals surface area contributed by atoms with Gasteiger partial charge in [0.05, 0.1) is 34.9 Å². The number of ketones is 1. The van der Waals surface area contributed by atoms with Gasteiger partial charge in [0.15, 0.2) is 10.9 Å². The fraction of sp³-hybridized carbons (Fsp3) is 0.333. The molecule has 31 heavy (non-hydrogen) atoms. The number of carbonyl (C=O) groups is 1. The molecule has 7 nitrogen and oxygen atoms in total. The molecule has 0 spiro atoms. The minimum Gasteiger partial charge on any atom is -0.379 e. The van der Waals surface area contributed by atoms with Crippen LogP contribution in [0.25, 0.3) is 11.0 Å². The molecule has 0 radical (unpaired) electrons. The quantitative estimate of drug-likeness (QED) is 0.379. The summed E-state index contributed by atoms with van der Waals surface area (Å²) in [4.78, 5) is 17.4. The number of thioether (sulfide) groups is 1. The Labute approximate surface area is 190 Å². The number of hydrogen-bond donors (Lipinski definition) is 0. The Balaban J connectivity index is 1.58. The Hall–Kier alpha value is -1.91. The number of Topliss-reactive ketones (excluding diaryl/α,β-unsaturated/α-hetero) is 1. The maximum absolute atomic E-state index is 13.0. The zero-order valence-corrected chi connectivity index (χ0v) is 19.3. The van der Waals surface area contributed by atoms with Gasteiger partial charge in [0.2, 0.25) is 10.0 Å². The highest BCUT2D eigenvalue weighted by Gasteiger charge is 2.27. The van der Waals surface area contributed by atoms with Gasteiger partial charge in [-0.25, -0.2) is 13.4 Å². The molecule has 10 heteroatoms. The van der Waals surface area contributed by atoms with Crippen molar-refractivity contribution in [2.24, 2.45) is 0 Å². The van der Waals surface area contributed by atoms with Crippen LogP contribution in [0.3, 0.4) is 0 Å². The number of rotatable bonds is 7. The summed E-state index contributed by atoms with van der Waals surface area (Å²) in [6.45, 7) is 4.13. The van der Waals surface area contributed by atoms with Crippen LogP contribution < -0.4 is 0 Å². The lowest BCUT2D eigenvalue weighted by atomic mass is 10.1. The third-order valence-corrected chi connectivity index (χ3v) is 8.23. The van der Waals surface area contributed by atoms with Gasteiger partial charge in [-0.3, -0.25) is 4.79 Å². The molecule has 0 N–H and O–H groups in total. The molecular weight excluding hydrogens is 458 g/mol. The lowest BCUT2D eigenvalue weighted by molar-refractivity contribution is 0.0730. The van der Waals surface area contributed by atoms with Crippen molar-refractivity contribution in [3.05, 3.63) is 53.1 Å². The highest BCUT2D eigenvalue weighted by Crippen LogP contribution is 2.28. The molecule has 0 saturated carbocycles. The lowest BCUT2D eigenvalue weighted by Gasteiger charge is -2.26. The van der Waals surface area contributed by atoms with E-state index < -0.39 is 10.0 Å². The van der Waals surface area contributed by atoms with Crippen LogP contribution >= 0.6 is 23.4 Å². The maximum Gasteiger partial charge on any atom is 0.243 e. The van der Waals surface area contributed by atoms with Crippen LogP contribution in [-0.2, 0) is 21.3 Å². The van der Waals surface area contributed by atoms with Crippen LogP contribution in [0, 0.1) is 0 Å². The van der Waals surface area contributed by atoms with Gasteiger partial charge in [-0.2, -0.15) is 4.31 Å². The Kier molecular flexibility index (Phi) is 6.68. The van der Waals surface area contributed by atoms with Crippen LogP contribution in [0.15, 0.2) is 52.5 Å². The molecule has 164 valence electrons. The smallest absolute Gasteiger partial charge is 0.243 e. The van der Waals surface area contributed by atoms with Gasteiger partial charge in [-0.15, -0.1) is 0 Å². The Morgan fingerprint density at radius 1 is 1.16 bits per heavy atom. The maximum atomic E-state index is 13.0. The largest absolute Gasteiger partial charge is 0.379 e. The van der Waals surface area contributed by atoms with Crippen LogP contribution in [0.4, 0.5) is 0 Å². The molecule has 1 saturated heterocycles. The molecule has 1 aliphatic rings. The molecule has 4 rings (SSSR count). The van der Waals surface area contributed by atoms with Crippen molar-refractivity contribution in [3.8, 4) is 0 Å². The Bertz CT molecular complexity index is 1200. The number of benzene rings is 2. The predicted molar refractivity (Wildman–Crippen MR) is 121 cm³/mol. The van der Waals surface area contributed by atoms with Gasteiger partial charge in [-0.1, -0.05) is 23.4 Å². The number of halogens is 1. The minimum absolute atomic E-state index is 0.0213. The average Bonchev–Trinajstić information content (AvgIpc) is 3.15. The lowest BCUT2D eigenvalue weighted by Crippen LogP contribution is -2.40. The SMILES string of the molecule is CCn1c(SCC(=O)c2ccc(Cl)cc2)nc2cc(S(=O)(=O)N3CCOCC3)ccc21. The fourth-order valence-corrected chi connectivity index (χ4v) is 5.98. The first-order valence-corrected chi connectivity index (χ1v) is 12.7. The van der Waals surface area contributed by atoms with E-state index in [-0.39, 0.29) is 16.4 Å². The predicted octanol–water partition coefficient (Wildman–Crippen LogP) is 3.71. The topological polar surface area (TPSA) is 81.5 Å². The molecule has 0 aliphatic carbocycles. The van der Waals surface area contributed by atoms with Gasteiger partial charge in [-0.05, 0) is 49.4 Å². The molecule has 1 aromatic heterocycles. The monoisotopic (exact) mass is 479 g/mol. The van der Waals surface area contributed by atoms with E-state index in [4.69, 9.17) is 16.3 Å². The summed E-state index contributed by atoms with van der Waals surface area (Å²) in [5.41, 5.74) is 2.03. The van der Waals surface area contributed by atoms with Crippen LogP contribution in [0.5, 0.6) is 0 Å². The van der Waals surface area contributed by atoms with Crippen LogP contribution in [0.1, 0.15) is 17.3 Å². The number of aryl methyl sites for hydroxylation is 1. The van der Waals surface area contributed by atoms with Gasteiger partial charge >= 0.3 is 0 Å². The second kappa shape index (κ2) is 9.30. The number of fused-ring (bicyclic) bond motifs is 1. The normalized spacial score (nSPS) is 15.4. The van der Waals surface area contributed by atoms with Crippen molar-refractivity contribution in [1.29, 1.82) is 0 Å². The van der Waals surface area contributed by atoms with Crippen molar-refractivity contribution < 1.29 is 17.9 Å². The summed E-state index contributed by atoms with van der Waals surface area (Å²) in [5, 5.41) is 1.26. The summed E-state index contributed by atoms with van der Waals surface area (Å²) >= 11 is 7.23. The van der Waals surface area contributed by atoms with Crippen molar-refractivity contribution >= 4 is 50.2 Å². The van der Waals surface area contributed by atoms with E-state index in [1.54, 1.807) is 42.5 Å². The number of sulfonamides is 1. The summed E-state index contributed by atoms with van der Waals surface area (Å²) < 4.78 is 34.6. The minimum atomic E-state index is -3.60. The van der Waals surface area contributed by atoms with E-state index in [9.17, 15) is 13.2 Å². The van der Waals surface area contributed by atoms with Gasteiger partial charge in [0, 0.05) is 30.2 Å². The van der Waals surface area contributed by atoms with E-state index in [1.165, 1.54) is 16.1 Å². The number of morpholine rings is 1. The van der Waals surface area contributed by atoms with Gasteiger partial charge < -0.3 is 9.30 Å². The fourth-order valence-electron chi connectivity index (χ4n) is 3.45. The van der Waals surface area contributed by atoms with E-state index in [1.807, 2.05) is 11.5 Å². The molecule has 3 aromatic rings. The highest BCUT2D eigenvalue weighted by molar-refractivity contribution is 7.99. The van der Waals surface area contributed by atoms with E-state index in [2.05, 4.69) is 4.98 Å². The van der Waals surface area contributed by atoms with E-state index in [0.717, 1.165) is 5.52 Å². The number of nitrogens with zero attached hydrogens (tertiary/aromatic N) is 3. The Morgan fingerprint density at radius 3 is 2.55 bits per heavy atom. The van der Waals surface area contributed by atoms with E-state index in [0.29, 0.717) is 54.1 Å². The number of carbonyl (C=O) groups excluding carboxylic acids is 1. The summed E-state index contributed by atoms with van der Waals surface area (Å²) in [7, 11) is -3.60. The Morgan fingerprint density at radius 2 is 1.87 bits per heavy atom. The third-order valence-electron chi connectivity index (χ3n) is 5.11. The molecule has 0 unspecified atom stereocenters. The first kappa shape index (κ1) is 22.3. The first-order valence-electron chi connectivity index (χ1n) is 9.90. The molecule has 0 atom stereocenters. The second-order valence-electron chi connectivity index (χ2n) is 7.02. The van der Waals surface area contributed by atoms with Crippen molar-refractivity contribution in [2.45, 2.75) is 23.5 Å². The first-order chi connectivity index (χ1) is 14.9. The standard InChI is InChI=1S/C21H22ClN3O4S2/c1-2-25-19-8-7-17(31(27,28)24-9-11-29-12-10-24)13-18(19)23-21(25)30-14-20(26)15-3-5-16(22)6-4-15/h3-8,13H,2,9-12,14H2,1H3.